The summed E-state index contributed by atoms with van der Waals surface area (Å²) in [5.74, 6) is -6.52. The maximum Gasteiger partial charge on any atom is 0.364 e. The molecule has 1 atom stereocenters. The average molecular weight is 698 g/mol. The first-order chi connectivity index (χ1) is 19.3. The molecule has 1 saturated heterocycles. The molecule has 16 heteroatoms. The molecule has 1 aliphatic heterocycles. The van der Waals surface area contributed by atoms with Gasteiger partial charge in [-0.2, -0.15) is 0 Å². The maximum atomic E-state index is 12.8. The van der Waals surface area contributed by atoms with E-state index in [4.69, 9.17) is 19.5 Å². The standard InChI is InChI=1S/C25H18Br2N2O12/c26-16-5-11(22(34)35)3-12(6-16)23(36)39-10-15-9-20(32)29(21(15)33)41-25(38)14-4-13(7-17(27)8-14)24(37)40-28-18(30)1-2-19(28)31/h3-9,18,30,32-33H,1-2,10H2,(H,34,35). The quantitative estimate of drug-likeness (QED) is 0.251. The predicted molar refractivity (Wildman–Crippen MR) is 141 cm³/mol. The van der Waals surface area contributed by atoms with Gasteiger partial charge in [0.1, 0.15) is 6.61 Å². The molecule has 41 heavy (non-hydrogen) atoms. The fourth-order valence-corrected chi connectivity index (χ4v) is 4.62. The summed E-state index contributed by atoms with van der Waals surface area (Å²) in [5, 5.41) is 40.1. The molecule has 3 aromatic rings. The molecule has 0 radical (unpaired) electrons. The van der Waals surface area contributed by atoms with Crippen molar-refractivity contribution in [1.29, 1.82) is 0 Å². The van der Waals surface area contributed by atoms with E-state index < -0.39 is 54.4 Å². The van der Waals surface area contributed by atoms with Crippen LogP contribution in [-0.4, -0.2) is 66.2 Å². The molecule has 1 unspecified atom stereocenters. The Balaban J connectivity index is 1.46. The van der Waals surface area contributed by atoms with Gasteiger partial charge in [0.25, 0.3) is 5.91 Å². The van der Waals surface area contributed by atoms with Crippen LogP contribution in [0.15, 0.2) is 51.4 Å². The molecule has 1 amide bonds. The van der Waals surface area contributed by atoms with Crippen LogP contribution in [0.3, 0.4) is 0 Å². The smallest absolute Gasteiger partial charge is 0.364 e. The van der Waals surface area contributed by atoms with Gasteiger partial charge in [0.05, 0.1) is 27.8 Å². The monoisotopic (exact) mass is 696 g/mol. The number of carbonyl (C=O) groups excluding carboxylic acids is 4. The van der Waals surface area contributed by atoms with Gasteiger partial charge < -0.3 is 34.8 Å². The molecule has 0 saturated carbocycles. The zero-order valence-corrected chi connectivity index (χ0v) is 23.6. The Labute approximate surface area is 246 Å². The van der Waals surface area contributed by atoms with E-state index in [1.54, 1.807) is 0 Å². The SMILES string of the molecule is O=C(O)c1cc(Br)cc(C(=O)OCc2cc(O)n(OC(=O)c3cc(Br)cc(C(=O)ON4C(=O)CCC4O)c3)c2O)c1. The van der Waals surface area contributed by atoms with Gasteiger partial charge in [0.15, 0.2) is 6.23 Å². The van der Waals surface area contributed by atoms with Crippen LogP contribution in [0.1, 0.15) is 59.8 Å². The summed E-state index contributed by atoms with van der Waals surface area (Å²) in [6.45, 7) is -0.592. The third kappa shape index (κ3) is 6.67. The number of aromatic hydroxyl groups is 2. The summed E-state index contributed by atoms with van der Waals surface area (Å²) in [4.78, 5) is 70.7. The van der Waals surface area contributed by atoms with Crippen molar-refractivity contribution in [2.24, 2.45) is 0 Å². The second-order valence-electron chi connectivity index (χ2n) is 8.48. The van der Waals surface area contributed by atoms with Crippen molar-refractivity contribution in [3.63, 3.8) is 0 Å². The molecule has 1 fully saturated rings. The average Bonchev–Trinajstić information content (AvgIpc) is 3.38. The van der Waals surface area contributed by atoms with Crippen LogP contribution in [0, 0.1) is 0 Å². The number of carbonyl (C=O) groups is 5. The van der Waals surface area contributed by atoms with Crippen LogP contribution in [0.4, 0.5) is 0 Å². The zero-order chi connectivity index (χ0) is 30.0. The van der Waals surface area contributed by atoms with Crippen molar-refractivity contribution >= 4 is 61.6 Å². The van der Waals surface area contributed by atoms with E-state index in [9.17, 15) is 39.3 Å². The first-order valence-electron chi connectivity index (χ1n) is 11.4. The third-order valence-electron chi connectivity index (χ3n) is 5.59. The lowest BCUT2D eigenvalue weighted by atomic mass is 10.1. The van der Waals surface area contributed by atoms with Crippen molar-refractivity contribution in [2.75, 3.05) is 0 Å². The number of halogens is 2. The summed E-state index contributed by atoms with van der Waals surface area (Å²) in [7, 11) is 0. The van der Waals surface area contributed by atoms with Gasteiger partial charge in [-0.25, -0.2) is 19.2 Å². The summed E-state index contributed by atoms with van der Waals surface area (Å²) in [6.07, 6.45) is -1.22. The minimum Gasteiger partial charge on any atom is -0.492 e. The number of esters is 1. The number of hydroxylamine groups is 2. The highest BCUT2D eigenvalue weighted by atomic mass is 79.9. The summed E-state index contributed by atoms with van der Waals surface area (Å²) >= 11 is 6.24. The minimum absolute atomic E-state index is 0.00869. The third-order valence-corrected chi connectivity index (χ3v) is 6.50. The fraction of sp³-hybridized carbons (Fsp3) is 0.160. The number of hydrogen-bond donors (Lipinski definition) is 4. The van der Waals surface area contributed by atoms with Crippen LogP contribution in [-0.2, 0) is 21.0 Å². The number of aromatic nitrogens is 1. The normalized spacial score (nSPS) is 14.6. The van der Waals surface area contributed by atoms with Crippen molar-refractivity contribution in [3.05, 3.63) is 79.2 Å². The summed E-state index contributed by atoms with van der Waals surface area (Å²) < 4.78 is 5.99. The predicted octanol–water partition coefficient (Wildman–Crippen LogP) is 2.76. The number of hydrogen-bond acceptors (Lipinski definition) is 11. The lowest BCUT2D eigenvalue weighted by molar-refractivity contribution is -0.191. The Hall–Kier alpha value is -4.41. The zero-order valence-electron chi connectivity index (χ0n) is 20.4. The van der Waals surface area contributed by atoms with Crippen molar-refractivity contribution in [3.8, 4) is 11.8 Å². The summed E-state index contributed by atoms with van der Waals surface area (Å²) in [6, 6.07) is 8.27. The lowest BCUT2D eigenvalue weighted by Crippen LogP contribution is -2.35. The molecule has 0 bridgehead atoms. The molecule has 2 aromatic carbocycles. The molecule has 0 spiro atoms. The van der Waals surface area contributed by atoms with Gasteiger partial charge in [-0.05, 0) is 36.4 Å². The van der Waals surface area contributed by atoms with E-state index in [1.165, 1.54) is 24.3 Å². The molecule has 1 aromatic heterocycles. The van der Waals surface area contributed by atoms with Crippen LogP contribution in [0.25, 0.3) is 0 Å². The number of amides is 1. The second kappa shape index (κ2) is 12.0. The van der Waals surface area contributed by atoms with E-state index >= 15 is 0 Å². The van der Waals surface area contributed by atoms with E-state index in [0.717, 1.165) is 18.2 Å². The molecule has 1 aliphatic rings. The molecule has 4 rings (SSSR count). The van der Waals surface area contributed by atoms with E-state index in [0.29, 0.717) is 14.3 Å². The first-order valence-corrected chi connectivity index (χ1v) is 13.0. The maximum absolute atomic E-state index is 12.8. The van der Waals surface area contributed by atoms with Crippen LogP contribution in [0.2, 0.25) is 0 Å². The Kier molecular flexibility index (Phi) is 8.65. The molecular formula is C25H18Br2N2O12. The van der Waals surface area contributed by atoms with Crippen molar-refractivity contribution in [1.82, 2.24) is 9.79 Å². The Morgan fingerprint density at radius 2 is 1.37 bits per heavy atom. The summed E-state index contributed by atoms with van der Waals surface area (Å²) in [5.41, 5.74) is -0.853. The number of nitrogens with zero attached hydrogens (tertiary/aromatic N) is 2. The number of benzene rings is 2. The molecular weight excluding hydrogens is 680 g/mol. The number of aromatic carboxylic acids is 1. The van der Waals surface area contributed by atoms with Gasteiger partial charge >= 0.3 is 23.9 Å². The second-order valence-corrected chi connectivity index (χ2v) is 10.3. The molecule has 4 N–H and O–H groups in total. The molecule has 214 valence electrons. The molecule has 14 nitrogen and oxygen atoms in total. The Bertz CT molecular complexity index is 1580. The Morgan fingerprint density at radius 3 is 1.93 bits per heavy atom. The first kappa shape index (κ1) is 29.6. The highest BCUT2D eigenvalue weighted by Crippen LogP contribution is 2.28. The lowest BCUT2D eigenvalue weighted by Gasteiger charge is -2.18. The van der Waals surface area contributed by atoms with Crippen LogP contribution >= 0.6 is 31.9 Å². The topological polar surface area (TPSA) is 202 Å². The van der Waals surface area contributed by atoms with Crippen molar-refractivity contribution in [2.45, 2.75) is 25.7 Å². The van der Waals surface area contributed by atoms with Gasteiger partial charge in [-0.15, -0.1) is 9.79 Å². The van der Waals surface area contributed by atoms with Crippen LogP contribution < -0.4 is 4.84 Å². The van der Waals surface area contributed by atoms with Gasteiger partial charge in [-0.1, -0.05) is 31.9 Å². The number of aliphatic hydroxyl groups excluding tert-OH is 1. The number of rotatable bonds is 8. The van der Waals surface area contributed by atoms with Crippen molar-refractivity contribution < 1.29 is 58.8 Å². The number of ether oxygens (including phenoxy) is 1. The van der Waals surface area contributed by atoms with E-state index in [2.05, 4.69) is 31.9 Å². The molecule has 2 heterocycles. The highest BCUT2D eigenvalue weighted by molar-refractivity contribution is 9.10. The number of carboxylic acids is 1. The van der Waals surface area contributed by atoms with E-state index in [1.807, 2.05) is 0 Å². The highest BCUT2D eigenvalue weighted by Gasteiger charge is 2.33. The van der Waals surface area contributed by atoms with E-state index in [-0.39, 0.29) is 45.1 Å². The molecule has 0 aliphatic carbocycles. The van der Waals surface area contributed by atoms with Crippen LogP contribution in [0.5, 0.6) is 11.8 Å². The minimum atomic E-state index is -1.30. The van der Waals surface area contributed by atoms with Gasteiger partial charge in [0, 0.05) is 27.9 Å². The van der Waals surface area contributed by atoms with Gasteiger partial charge in [0.2, 0.25) is 11.8 Å². The number of aliphatic hydroxyl groups is 1. The number of carboxylic acid groups (broad SMARTS) is 1. The van der Waals surface area contributed by atoms with Gasteiger partial charge in [-0.3, -0.25) is 4.79 Å². The Morgan fingerprint density at radius 1 is 0.829 bits per heavy atom. The largest absolute Gasteiger partial charge is 0.492 e. The fourth-order valence-electron chi connectivity index (χ4n) is 3.63.